The van der Waals surface area contributed by atoms with Crippen molar-refractivity contribution >= 4 is 40.9 Å². The molecule has 1 saturated heterocycles. The van der Waals surface area contributed by atoms with E-state index >= 15 is 0 Å². The fraction of sp³-hybridized carbons (Fsp3) is 0.474. The van der Waals surface area contributed by atoms with Crippen molar-refractivity contribution < 1.29 is 13.9 Å². The fourth-order valence-electron chi connectivity index (χ4n) is 3.11. The second kappa shape index (κ2) is 9.44. The Morgan fingerprint density at radius 3 is 2.85 bits per heavy atom. The number of fused-ring (bicyclic) bond motifs is 1. The molecular formula is C19H24Cl2N2O4. The first kappa shape index (κ1) is 21.5. The van der Waals surface area contributed by atoms with Gasteiger partial charge in [-0.05, 0) is 57.3 Å². The molecule has 1 aromatic carbocycles. The van der Waals surface area contributed by atoms with Gasteiger partial charge in [0.05, 0.1) is 5.02 Å². The summed E-state index contributed by atoms with van der Waals surface area (Å²) in [5.41, 5.74) is 1.38. The van der Waals surface area contributed by atoms with Crippen LogP contribution in [-0.2, 0) is 4.79 Å². The zero-order valence-corrected chi connectivity index (χ0v) is 17.0. The molecule has 148 valence electrons. The Kier molecular flexibility index (Phi) is 7.53. The number of benzene rings is 1. The van der Waals surface area contributed by atoms with E-state index in [9.17, 15) is 9.59 Å². The van der Waals surface area contributed by atoms with E-state index in [-0.39, 0.29) is 30.5 Å². The number of aryl methyl sites for hydroxylation is 1. The Balaban J connectivity index is 0.00000261. The van der Waals surface area contributed by atoms with Gasteiger partial charge in [0.15, 0.2) is 6.61 Å². The molecule has 8 heteroatoms. The van der Waals surface area contributed by atoms with Crippen molar-refractivity contribution in [2.75, 3.05) is 26.2 Å². The summed E-state index contributed by atoms with van der Waals surface area (Å²) in [5.74, 6) is 0.575. The summed E-state index contributed by atoms with van der Waals surface area (Å²) in [6, 6.07) is 3.26. The van der Waals surface area contributed by atoms with Gasteiger partial charge in [0.25, 0.3) is 5.91 Å². The van der Waals surface area contributed by atoms with Crippen molar-refractivity contribution in [3.05, 3.63) is 38.7 Å². The number of ether oxygens (including phenoxy) is 1. The van der Waals surface area contributed by atoms with Gasteiger partial charge in [0, 0.05) is 23.6 Å². The molecule has 2 heterocycles. The summed E-state index contributed by atoms with van der Waals surface area (Å²) in [7, 11) is 0. The molecule has 0 bridgehead atoms. The van der Waals surface area contributed by atoms with Crippen LogP contribution in [0.1, 0.15) is 24.0 Å². The van der Waals surface area contributed by atoms with Gasteiger partial charge >= 0.3 is 5.63 Å². The summed E-state index contributed by atoms with van der Waals surface area (Å²) in [6.07, 6.45) is 2.25. The molecule has 6 nitrogen and oxygen atoms in total. The van der Waals surface area contributed by atoms with E-state index < -0.39 is 0 Å². The third kappa shape index (κ3) is 5.15. The standard InChI is InChI=1S/C19H23ClN2O4.ClH/c1-11-12(2)19(24)26-16-7-17(15(20)6-14(11)16)25-10-18(23)22-9-13-4-3-5-21-8-13;/h6-7,13,21H,3-5,8-10H2,1-2H3,(H,22,23);1H. The molecular weight excluding hydrogens is 391 g/mol. The largest absolute Gasteiger partial charge is 0.482 e. The second-order valence-electron chi connectivity index (χ2n) is 6.72. The second-order valence-corrected chi connectivity index (χ2v) is 7.13. The zero-order valence-electron chi connectivity index (χ0n) is 15.4. The van der Waals surface area contributed by atoms with Gasteiger partial charge in [-0.3, -0.25) is 4.79 Å². The van der Waals surface area contributed by atoms with Gasteiger partial charge < -0.3 is 19.8 Å². The number of amides is 1. The average molecular weight is 415 g/mol. The van der Waals surface area contributed by atoms with Crippen LogP contribution in [0.5, 0.6) is 5.75 Å². The topological polar surface area (TPSA) is 80.6 Å². The van der Waals surface area contributed by atoms with Crippen molar-refractivity contribution in [1.29, 1.82) is 0 Å². The smallest absolute Gasteiger partial charge is 0.339 e. The summed E-state index contributed by atoms with van der Waals surface area (Å²) in [4.78, 5) is 23.9. The summed E-state index contributed by atoms with van der Waals surface area (Å²) in [5, 5.41) is 7.33. The van der Waals surface area contributed by atoms with Crippen LogP contribution in [0.25, 0.3) is 11.0 Å². The van der Waals surface area contributed by atoms with Crippen LogP contribution in [-0.4, -0.2) is 32.1 Å². The van der Waals surface area contributed by atoms with Gasteiger partial charge in [-0.2, -0.15) is 0 Å². The monoisotopic (exact) mass is 414 g/mol. The van der Waals surface area contributed by atoms with E-state index in [0.717, 1.165) is 36.9 Å². The molecule has 1 aliphatic heterocycles. The summed E-state index contributed by atoms with van der Waals surface area (Å²) in [6.45, 7) is 6.02. The molecule has 2 aromatic rings. The maximum absolute atomic E-state index is 12.0. The molecule has 0 saturated carbocycles. The first-order chi connectivity index (χ1) is 12.5. The zero-order chi connectivity index (χ0) is 18.7. The molecule has 27 heavy (non-hydrogen) atoms. The lowest BCUT2D eigenvalue weighted by Gasteiger charge is -2.22. The number of hydrogen-bond donors (Lipinski definition) is 2. The van der Waals surface area contributed by atoms with Crippen molar-refractivity contribution in [2.45, 2.75) is 26.7 Å². The predicted octanol–water partition coefficient (Wildman–Crippen LogP) is 2.98. The molecule has 1 aromatic heterocycles. The van der Waals surface area contributed by atoms with Crippen LogP contribution < -0.4 is 21.0 Å². The number of halogens is 2. The van der Waals surface area contributed by atoms with E-state index in [2.05, 4.69) is 10.6 Å². The minimum atomic E-state index is -0.387. The van der Waals surface area contributed by atoms with E-state index in [4.69, 9.17) is 20.8 Å². The van der Waals surface area contributed by atoms with Gasteiger partial charge in [0.1, 0.15) is 11.3 Å². The van der Waals surface area contributed by atoms with Crippen LogP contribution in [0, 0.1) is 19.8 Å². The van der Waals surface area contributed by atoms with Crippen molar-refractivity contribution in [2.24, 2.45) is 5.92 Å². The number of nitrogens with one attached hydrogen (secondary N) is 2. The molecule has 0 radical (unpaired) electrons. The maximum atomic E-state index is 12.0. The molecule has 0 aliphatic carbocycles. The molecule has 0 spiro atoms. The lowest BCUT2D eigenvalue weighted by atomic mass is 10.00. The fourth-order valence-corrected chi connectivity index (χ4v) is 3.32. The highest BCUT2D eigenvalue weighted by atomic mass is 35.5. The molecule has 1 aliphatic rings. The van der Waals surface area contributed by atoms with Crippen molar-refractivity contribution in [3.63, 3.8) is 0 Å². The Labute approximate surface area is 169 Å². The van der Waals surface area contributed by atoms with Gasteiger partial charge in [-0.15, -0.1) is 12.4 Å². The van der Waals surface area contributed by atoms with Gasteiger partial charge in [-0.1, -0.05) is 11.6 Å². The van der Waals surface area contributed by atoms with E-state index in [1.165, 1.54) is 0 Å². The first-order valence-corrected chi connectivity index (χ1v) is 9.17. The summed E-state index contributed by atoms with van der Waals surface area (Å²) < 4.78 is 10.8. The Bertz CT molecular complexity index is 876. The van der Waals surface area contributed by atoms with Gasteiger partial charge in [0.2, 0.25) is 0 Å². The highest BCUT2D eigenvalue weighted by Gasteiger charge is 2.15. The number of carbonyl (C=O) groups is 1. The minimum absolute atomic E-state index is 0. The van der Waals surface area contributed by atoms with Crippen LogP contribution in [0.2, 0.25) is 5.02 Å². The maximum Gasteiger partial charge on any atom is 0.339 e. The number of rotatable bonds is 5. The number of hydrogen-bond acceptors (Lipinski definition) is 5. The van der Waals surface area contributed by atoms with Crippen LogP contribution in [0.15, 0.2) is 21.3 Å². The van der Waals surface area contributed by atoms with Crippen molar-refractivity contribution in [1.82, 2.24) is 10.6 Å². The lowest BCUT2D eigenvalue weighted by molar-refractivity contribution is -0.123. The Morgan fingerprint density at radius 1 is 1.37 bits per heavy atom. The highest BCUT2D eigenvalue weighted by molar-refractivity contribution is 6.32. The number of piperidine rings is 1. The quantitative estimate of drug-likeness (QED) is 0.734. The van der Waals surface area contributed by atoms with E-state index in [1.807, 2.05) is 6.92 Å². The normalized spacial score (nSPS) is 16.6. The highest BCUT2D eigenvalue weighted by Crippen LogP contribution is 2.31. The molecule has 1 fully saturated rings. The Hall–Kier alpha value is -1.76. The van der Waals surface area contributed by atoms with Crippen LogP contribution in [0.3, 0.4) is 0 Å². The minimum Gasteiger partial charge on any atom is -0.482 e. The Morgan fingerprint density at radius 2 is 2.15 bits per heavy atom. The van der Waals surface area contributed by atoms with Crippen LogP contribution in [0.4, 0.5) is 0 Å². The molecule has 3 rings (SSSR count). The predicted molar refractivity (Wildman–Crippen MR) is 108 cm³/mol. The van der Waals surface area contributed by atoms with Crippen molar-refractivity contribution in [3.8, 4) is 5.75 Å². The first-order valence-electron chi connectivity index (χ1n) is 8.79. The molecule has 1 unspecified atom stereocenters. The molecule has 1 atom stereocenters. The third-order valence-corrected chi connectivity index (χ3v) is 5.15. The molecule has 2 N–H and O–H groups in total. The summed E-state index contributed by atoms with van der Waals surface area (Å²) >= 11 is 6.26. The molecule has 1 amide bonds. The SMILES string of the molecule is Cc1c(C)c2cc(Cl)c(OCC(=O)NCC3CCCNC3)cc2oc1=O.Cl. The third-order valence-electron chi connectivity index (χ3n) is 4.86. The van der Waals surface area contributed by atoms with E-state index in [0.29, 0.717) is 34.4 Å². The lowest BCUT2D eigenvalue weighted by Crippen LogP contribution is -2.39. The average Bonchev–Trinajstić information content (AvgIpc) is 2.64. The van der Waals surface area contributed by atoms with E-state index in [1.54, 1.807) is 19.1 Å². The number of carbonyl (C=O) groups excluding carboxylic acids is 1. The van der Waals surface area contributed by atoms with Crippen LogP contribution >= 0.6 is 24.0 Å². The van der Waals surface area contributed by atoms with Gasteiger partial charge in [-0.25, -0.2) is 4.79 Å².